The molecule has 1 amide bonds. The van der Waals surface area contributed by atoms with Crippen molar-refractivity contribution < 1.29 is 17.9 Å². The molecule has 0 heterocycles. The highest BCUT2D eigenvalue weighted by molar-refractivity contribution is 7.93. The Morgan fingerprint density at radius 1 is 1.11 bits per heavy atom. The molecule has 35 heavy (non-hydrogen) atoms. The van der Waals surface area contributed by atoms with E-state index < -0.39 is 27.9 Å². The molecule has 180 valence electrons. The Balaban J connectivity index is 1.63. The molecule has 3 aromatic carbocycles. The monoisotopic (exact) mass is 509 g/mol. The maximum absolute atomic E-state index is 13.7. The molecule has 3 aromatic rings. The van der Waals surface area contributed by atoms with Gasteiger partial charge in [0.1, 0.15) is 17.2 Å². The fraction of sp³-hybridized carbons (Fsp3) is 0.231. The largest absolute Gasteiger partial charge is 0.495 e. The van der Waals surface area contributed by atoms with E-state index in [1.807, 2.05) is 12.1 Å². The summed E-state index contributed by atoms with van der Waals surface area (Å²) in [6.07, 6.45) is 1.65. The molecule has 0 aromatic heterocycles. The minimum atomic E-state index is -4.17. The van der Waals surface area contributed by atoms with E-state index in [1.165, 1.54) is 13.2 Å². The van der Waals surface area contributed by atoms with Crippen LogP contribution in [0.5, 0.6) is 5.75 Å². The van der Waals surface area contributed by atoms with Crippen LogP contribution in [0.3, 0.4) is 0 Å². The summed E-state index contributed by atoms with van der Waals surface area (Å²) >= 11 is 6.00. The Labute approximate surface area is 210 Å². The first-order valence-electron chi connectivity index (χ1n) is 10.9. The standard InChI is InChI=1S/C26H24ClN3O4S/c1-18-3-12-23(34-2)24(15-18)35(32,33)30(22-10-6-20(27)7-11-22)16-25(31)29-21-8-4-19(5-9-21)26(17-28)13-14-26/h3-12,15H,13-14,16H2,1-2H3,(H,29,31). The van der Waals surface area contributed by atoms with Crippen molar-refractivity contribution in [1.29, 1.82) is 5.26 Å². The number of nitriles is 1. The average Bonchev–Trinajstić information content (AvgIpc) is 3.65. The number of hydrogen-bond acceptors (Lipinski definition) is 5. The van der Waals surface area contributed by atoms with Gasteiger partial charge in [0.25, 0.3) is 10.0 Å². The first kappa shape index (κ1) is 24.6. The zero-order valence-electron chi connectivity index (χ0n) is 19.3. The molecule has 9 heteroatoms. The van der Waals surface area contributed by atoms with Crippen LogP contribution in [-0.2, 0) is 20.2 Å². The Kier molecular flexibility index (Phi) is 6.75. The Morgan fingerprint density at radius 3 is 2.34 bits per heavy atom. The number of nitrogens with zero attached hydrogens (tertiary/aromatic N) is 2. The van der Waals surface area contributed by atoms with Crippen molar-refractivity contribution in [1.82, 2.24) is 0 Å². The molecule has 1 N–H and O–H groups in total. The van der Waals surface area contributed by atoms with E-state index in [0.717, 1.165) is 28.3 Å². The van der Waals surface area contributed by atoms with Gasteiger partial charge in [-0.25, -0.2) is 8.42 Å². The third kappa shape index (κ3) is 5.11. The highest BCUT2D eigenvalue weighted by Gasteiger charge is 2.44. The summed E-state index contributed by atoms with van der Waals surface area (Å²) in [5, 5.41) is 12.6. The number of benzene rings is 3. The van der Waals surface area contributed by atoms with Gasteiger partial charge >= 0.3 is 0 Å². The van der Waals surface area contributed by atoms with Crippen LogP contribution in [0.1, 0.15) is 24.0 Å². The molecule has 1 fully saturated rings. The Hall–Kier alpha value is -3.54. The lowest BCUT2D eigenvalue weighted by Crippen LogP contribution is -2.38. The fourth-order valence-corrected chi connectivity index (χ4v) is 5.61. The minimum absolute atomic E-state index is 0.0432. The highest BCUT2D eigenvalue weighted by Crippen LogP contribution is 2.47. The van der Waals surface area contributed by atoms with Crippen LogP contribution < -0.4 is 14.4 Å². The molecule has 0 spiro atoms. The third-order valence-corrected chi connectivity index (χ3v) is 8.02. The van der Waals surface area contributed by atoms with Gasteiger partial charge in [-0.1, -0.05) is 29.8 Å². The predicted octanol–water partition coefficient (Wildman–Crippen LogP) is 5.05. The highest BCUT2D eigenvalue weighted by atomic mass is 35.5. The number of methoxy groups -OCH3 is 1. The van der Waals surface area contributed by atoms with Gasteiger partial charge in [0.05, 0.1) is 24.3 Å². The van der Waals surface area contributed by atoms with E-state index in [4.69, 9.17) is 16.3 Å². The second-order valence-electron chi connectivity index (χ2n) is 8.46. The van der Waals surface area contributed by atoms with E-state index in [1.54, 1.807) is 55.5 Å². The molecule has 0 radical (unpaired) electrons. The number of carbonyl (C=O) groups is 1. The number of amides is 1. The number of hydrogen-bond donors (Lipinski definition) is 1. The first-order chi connectivity index (χ1) is 16.7. The molecular formula is C26H24ClN3O4S. The number of nitrogens with one attached hydrogen (secondary N) is 1. The molecule has 0 unspecified atom stereocenters. The molecule has 4 rings (SSSR count). The molecule has 1 saturated carbocycles. The molecule has 0 saturated heterocycles. The molecule has 7 nitrogen and oxygen atoms in total. The van der Waals surface area contributed by atoms with E-state index in [-0.39, 0.29) is 16.3 Å². The Bertz CT molecular complexity index is 1390. The SMILES string of the molecule is COc1ccc(C)cc1S(=O)(=O)N(CC(=O)Nc1ccc(C2(C#N)CC2)cc1)c1ccc(Cl)cc1. The predicted molar refractivity (Wildman–Crippen MR) is 135 cm³/mol. The van der Waals surface area contributed by atoms with E-state index in [0.29, 0.717) is 10.7 Å². The second-order valence-corrected chi connectivity index (χ2v) is 10.7. The number of sulfonamides is 1. The molecule has 1 aliphatic carbocycles. The van der Waals surface area contributed by atoms with Crippen molar-refractivity contribution in [2.24, 2.45) is 0 Å². The number of aryl methyl sites for hydroxylation is 1. The summed E-state index contributed by atoms with van der Waals surface area (Å²) in [5.74, 6) is -0.346. The van der Waals surface area contributed by atoms with Crippen molar-refractivity contribution in [2.75, 3.05) is 23.3 Å². The van der Waals surface area contributed by atoms with Crippen LogP contribution in [0, 0.1) is 18.3 Å². The quantitative estimate of drug-likeness (QED) is 0.458. The molecule has 0 atom stereocenters. The Morgan fingerprint density at radius 2 is 1.77 bits per heavy atom. The second kappa shape index (κ2) is 9.61. The normalized spacial score (nSPS) is 14.0. The van der Waals surface area contributed by atoms with Crippen LogP contribution >= 0.6 is 11.6 Å². The summed E-state index contributed by atoms with van der Waals surface area (Å²) in [4.78, 5) is 12.9. The van der Waals surface area contributed by atoms with Gasteiger partial charge < -0.3 is 10.1 Å². The lowest BCUT2D eigenvalue weighted by molar-refractivity contribution is -0.114. The van der Waals surface area contributed by atoms with Crippen molar-refractivity contribution in [3.05, 3.63) is 82.9 Å². The zero-order chi connectivity index (χ0) is 25.2. The summed E-state index contributed by atoms with van der Waals surface area (Å²) in [5.41, 5.74) is 2.02. The summed E-state index contributed by atoms with van der Waals surface area (Å²) in [6, 6.07) is 20.5. The maximum atomic E-state index is 13.7. The fourth-order valence-electron chi connectivity index (χ4n) is 3.82. The zero-order valence-corrected chi connectivity index (χ0v) is 20.9. The lowest BCUT2D eigenvalue weighted by atomic mass is 9.98. The average molecular weight is 510 g/mol. The van der Waals surface area contributed by atoms with E-state index in [9.17, 15) is 18.5 Å². The van der Waals surface area contributed by atoms with Gasteiger partial charge in [-0.05, 0) is 79.4 Å². The number of rotatable bonds is 8. The van der Waals surface area contributed by atoms with Crippen molar-refractivity contribution >= 4 is 38.9 Å². The van der Waals surface area contributed by atoms with Crippen LogP contribution in [0.2, 0.25) is 5.02 Å². The van der Waals surface area contributed by atoms with Gasteiger partial charge in [-0.3, -0.25) is 9.10 Å². The third-order valence-electron chi connectivity index (χ3n) is 5.97. The number of ether oxygens (including phenoxy) is 1. The number of carbonyl (C=O) groups excluding carboxylic acids is 1. The van der Waals surface area contributed by atoms with E-state index >= 15 is 0 Å². The van der Waals surface area contributed by atoms with Crippen LogP contribution in [0.15, 0.2) is 71.6 Å². The lowest BCUT2D eigenvalue weighted by Gasteiger charge is -2.25. The molecule has 1 aliphatic rings. The van der Waals surface area contributed by atoms with Gasteiger partial charge in [-0.15, -0.1) is 0 Å². The van der Waals surface area contributed by atoms with Crippen molar-refractivity contribution in [2.45, 2.75) is 30.1 Å². The molecular weight excluding hydrogens is 486 g/mol. The van der Waals surface area contributed by atoms with Crippen molar-refractivity contribution in [3.63, 3.8) is 0 Å². The summed E-state index contributed by atoms with van der Waals surface area (Å²) in [7, 11) is -2.78. The summed E-state index contributed by atoms with van der Waals surface area (Å²) < 4.78 is 33.8. The number of anilines is 2. The van der Waals surface area contributed by atoms with Crippen LogP contribution in [-0.4, -0.2) is 28.0 Å². The van der Waals surface area contributed by atoms with Gasteiger partial charge in [0, 0.05) is 10.7 Å². The molecule has 0 aliphatic heterocycles. The summed E-state index contributed by atoms with van der Waals surface area (Å²) in [6.45, 7) is 1.31. The van der Waals surface area contributed by atoms with E-state index in [2.05, 4.69) is 11.4 Å². The van der Waals surface area contributed by atoms with Crippen LogP contribution in [0.25, 0.3) is 0 Å². The van der Waals surface area contributed by atoms with Gasteiger partial charge in [0.15, 0.2) is 0 Å². The topological polar surface area (TPSA) is 99.5 Å². The molecule has 0 bridgehead atoms. The number of halogens is 1. The smallest absolute Gasteiger partial charge is 0.268 e. The van der Waals surface area contributed by atoms with Gasteiger partial charge in [0.2, 0.25) is 5.91 Å². The first-order valence-corrected chi connectivity index (χ1v) is 12.7. The minimum Gasteiger partial charge on any atom is -0.495 e. The van der Waals surface area contributed by atoms with Crippen molar-refractivity contribution in [3.8, 4) is 11.8 Å². The van der Waals surface area contributed by atoms with Crippen LogP contribution in [0.4, 0.5) is 11.4 Å². The maximum Gasteiger partial charge on any atom is 0.268 e. The van der Waals surface area contributed by atoms with Gasteiger partial charge in [-0.2, -0.15) is 5.26 Å².